The van der Waals surface area contributed by atoms with E-state index in [4.69, 9.17) is 4.42 Å². The molecule has 0 aromatic carbocycles. The third-order valence-electron chi connectivity index (χ3n) is 2.27. The van der Waals surface area contributed by atoms with Crippen LogP contribution >= 0.6 is 0 Å². The van der Waals surface area contributed by atoms with Crippen LogP contribution in [0.1, 0.15) is 39.4 Å². The summed E-state index contributed by atoms with van der Waals surface area (Å²) in [5, 5.41) is 0. The molecule has 1 nitrogen and oxygen atoms in total. The summed E-state index contributed by atoms with van der Waals surface area (Å²) >= 11 is 0. The number of hydrogen-bond acceptors (Lipinski definition) is 1. The molecule has 0 bridgehead atoms. The van der Waals surface area contributed by atoms with Gasteiger partial charge in [0, 0.05) is 5.92 Å². The molecule has 0 aliphatic rings. The molecule has 0 N–H and O–H groups in total. The van der Waals surface area contributed by atoms with Crippen LogP contribution in [0.25, 0.3) is 0 Å². The minimum absolute atomic E-state index is 0.290. The molecule has 0 aliphatic heterocycles. The zero-order valence-electron chi connectivity index (χ0n) is 7.72. The molecule has 1 unspecified atom stereocenters. The van der Waals surface area contributed by atoms with E-state index < -0.39 is 0 Å². The van der Waals surface area contributed by atoms with Crippen LogP contribution in [0.4, 0.5) is 0 Å². The van der Waals surface area contributed by atoms with Gasteiger partial charge in [0.1, 0.15) is 5.76 Å². The highest BCUT2D eigenvalue weighted by Crippen LogP contribution is 2.34. The summed E-state index contributed by atoms with van der Waals surface area (Å²) in [7, 11) is 0. The van der Waals surface area contributed by atoms with Crippen molar-refractivity contribution in [3.63, 3.8) is 0 Å². The zero-order valence-corrected chi connectivity index (χ0v) is 7.72. The van der Waals surface area contributed by atoms with Crippen molar-refractivity contribution in [1.29, 1.82) is 0 Å². The first-order valence-electron chi connectivity index (χ1n) is 4.05. The fourth-order valence-electron chi connectivity index (χ4n) is 0.964. The second kappa shape index (κ2) is 2.72. The summed E-state index contributed by atoms with van der Waals surface area (Å²) < 4.78 is 5.32. The Balaban J connectivity index is 2.78. The maximum Gasteiger partial charge on any atom is 0.107 e. The number of hydrogen-bond donors (Lipinski definition) is 0. The SMILES string of the molecule is CC(c1ccco1)C(C)(C)C. The Hall–Kier alpha value is -0.720. The minimum atomic E-state index is 0.290. The minimum Gasteiger partial charge on any atom is -0.469 e. The molecule has 62 valence electrons. The van der Waals surface area contributed by atoms with Crippen LogP contribution in [0.15, 0.2) is 22.8 Å². The van der Waals surface area contributed by atoms with Crippen molar-refractivity contribution in [2.45, 2.75) is 33.6 Å². The van der Waals surface area contributed by atoms with Gasteiger partial charge in [-0.3, -0.25) is 0 Å². The molecule has 1 heterocycles. The largest absolute Gasteiger partial charge is 0.469 e. The summed E-state index contributed by atoms with van der Waals surface area (Å²) in [6.07, 6.45) is 1.73. The van der Waals surface area contributed by atoms with Gasteiger partial charge >= 0.3 is 0 Å². The first kappa shape index (κ1) is 8.38. The van der Waals surface area contributed by atoms with Crippen LogP contribution in [0.3, 0.4) is 0 Å². The topological polar surface area (TPSA) is 13.1 Å². The normalized spacial score (nSPS) is 14.9. The fraction of sp³-hybridized carbons (Fsp3) is 0.600. The molecule has 11 heavy (non-hydrogen) atoms. The predicted octanol–water partition coefficient (Wildman–Crippen LogP) is 3.43. The molecule has 1 aromatic heterocycles. The van der Waals surface area contributed by atoms with Gasteiger partial charge in [0.2, 0.25) is 0 Å². The van der Waals surface area contributed by atoms with Crippen LogP contribution in [-0.2, 0) is 0 Å². The summed E-state index contributed by atoms with van der Waals surface area (Å²) in [6.45, 7) is 8.86. The molecule has 1 heteroatoms. The molecular weight excluding hydrogens is 136 g/mol. The molecule has 0 spiro atoms. The maximum atomic E-state index is 5.32. The van der Waals surface area contributed by atoms with Gasteiger partial charge in [-0.25, -0.2) is 0 Å². The molecule has 0 fully saturated rings. The van der Waals surface area contributed by atoms with Gasteiger partial charge in [-0.05, 0) is 17.5 Å². The van der Waals surface area contributed by atoms with Crippen LogP contribution in [0.5, 0.6) is 0 Å². The van der Waals surface area contributed by atoms with Crippen molar-refractivity contribution in [1.82, 2.24) is 0 Å². The van der Waals surface area contributed by atoms with E-state index >= 15 is 0 Å². The van der Waals surface area contributed by atoms with E-state index in [2.05, 4.69) is 27.7 Å². The standard InChI is InChI=1S/C10H16O/c1-8(10(2,3)4)9-6-5-7-11-9/h5-8H,1-4H3. The van der Waals surface area contributed by atoms with Crippen molar-refractivity contribution in [3.8, 4) is 0 Å². The van der Waals surface area contributed by atoms with Gasteiger partial charge in [-0.1, -0.05) is 27.7 Å². The average Bonchev–Trinajstić information content (AvgIpc) is 2.34. The summed E-state index contributed by atoms with van der Waals surface area (Å²) in [4.78, 5) is 0. The van der Waals surface area contributed by atoms with Gasteiger partial charge in [0.05, 0.1) is 6.26 Å². The van der Waals surface area contributed by atoms with Crippen molar-refractivity contribution in [3.05, 3.63) is 24.2 Å². The predicted molar refractivity (Wildman–Crippen MR) is 46.6 cm³/mol. The molecule has 1 rings (SSSR count). The highest BCUT2D eigenvalue weighted by molar-refractivity contribution is 5.06. The van der Waals surface area contributed by atoms with Crippen LogP contribution < -0.4 is 0 Å². The Bertz CT molecular complexity index is 203. The smallest absolute Gasteiger partial charge is 0.107 e. The molecule has 1 aromatic rings. The van der Waals surface area contributed by atoms with Crippen LogP contribution in [-0.4, -0.2) is 0 Å². The Morgan fingerprint density at radius 1 is 1.36 bits per heavy atom. The van der Waals surface area contributed by atoms with E-state index in [1.807, 2.05) is 12.1 Å². The molecule has 0 saturated carbocycles. The van der Waals surface area contributed by atoms with Gasteiger partial charge in [-0.2, -0.15) is 0 Å². The third-order valence-corrected chi connectivity index (χ3v) is 2.27. The number of furan rings is 1. The fourth-order valence-corrected chi connectivity index (χ4v) is 0.964. The molecule has 1 atom stereocenters. The lowest BCUT2D eigenvalue weighted by Crippen LogP contribution is -2.14. The van der Waals surface area contributed by atoms with Crippen molar-refractivity contribution < 1.29 is 4.42 Å². The molecular formula is C10H16O. The molecule has 0 aliphatic carbocycles. The Labute approximate surface area is 68.4 Å². The Morgan fingerprint density at radius 3 is 2.36 bits per heavy atom. The monoisotopic (exact) mass is 152 g/mol. The maximum absolute atomic E-state index is 5.32. The molecule has 0 saturated heterocycles. The molecule has 0 amide bonds. The quantitative estimate of drug-likeness (QED) is 0.601. The van der Waals surface area contributed by atoms with Gasteiger partial charge < -0.3 is 4.42 Å². The Kier molecular flexibility index (Phi) is 2.08. The lowest BCUT2D eigenvalue weighted by atomic mass is 9.81. The van der Waals surface area contributed by atoms with E-state index in [0.29, 0.717) is 5.92 Å². The lowest BCUT2D eigenvalue weighted by Gasteiger charge is -2.25. The van der Waals surface area contributed by atoms with Gasteiger partial charge in [0.25, 0.3) is 0 Å². The summed E-state index contributed by atoms with van der Waals surface area (Å²) in [5.41, 5.74) is 0.290. The van der Waals surface area contributed by atoms with E-state index in [1.165, 1.54) is 0 Å². The van der Waals surface area contributed by atoms with Crippen molar-refractivity contribution in [2.24, 2.45) is 5.41 Å². The Morgan fingerprint density at radius 2 is 2.00 bits per heavy atom. The first-order valence-corrected chi connectivity index (χ1v) is 4.05. The summed E-state index contributed by atoms with van der Waals surface area (Å²) in [5.74, 6) is 1.56. The van der Waals surface area contributed by atoms with Crippen molar-refractivity contribution in [2.75, 3.05) is 0 Å². The highest BCUT2D eigenvalue weighted by atomic mass is 16.3. The van der Waals surface area contributed by atoms with Gasteiger partial charge in [0.15, 0.2) is 0 Å². The second-order valence-electron chi connectivity index (χ2n) is 4.10. The third kappa shape index (κ3) is 1.86. The average molecular weight is 152 g/mol. The number of rotatable bonds is 1. The van der Waals surface area contributed by atoms with E-state index in [9.17, 15) is 0 Å². The van der Waals surface area contributed by atoms with Gasteiger partial charge in [-0.15, -0.1) is 0 Å². The van der Waals surface area contributed by atoms with Crippen molar-refractivity contribution >= 4 is 0 Å². The summed E-state index contributed by atoms with van der Waals surface area (Å²) in [6, 6.07) is 3.98. The van der Waals surface area contributed by atoms with Crippen LogP contribution in [0, 0.1) is 5.41 Å². The van der Waals surface area contributed by atoms with E-state index in [1.54, 1.807) is 6.26 Å². The highest BCUT2D eigenvalue weighted by Gasteiger charge is 2.23. The zero-order chi connectivity index (χ0) is 8.48. The lowest BCUT2D eigenvalue weighted by molar-refractivity contribution is 0.296. The first-order chi connectivity index (χ1) is 5.02. The van der Waals surface area contributed by atoms with Crippen LogP contribution in [0.2, 0.25) is 0 Å². The molecule has 0 radical (unpaired) electrons. The van der Waals surface area contributed by atoms with E-state index in [-0.39, 0.29) is 5.41 Å². The second-order valence-corrected chi connectivity index (χ2v) is 4.10. The van der Waals surface area contributed by atoms with E-state index in [0.717, 1.165) is 5.76 Å².